The van der Waals surface area contributed by atoms with Crippen LogP contribution < -0.4 is 0 Å². The summed E-state index contributed by atoms with van der Waals surface area (Å²) in [6, 6.07) is 0. The molecule has 0 heterocycles. The largest absolute Gasteiger partial charge is 1.00 e. The van der Waals surface area contributed by atoms with Crippen molar-refractivity contribution >= 4 is 0 Å². The number of hydrogen-bond acceptors (Lipinski definition) is 2. The Labute approximate surface area is 44.9 Å². The molecule has 0 bridgehead atoms. The van der Waals surface area contributed by atoms with Gasteiger partial charge in [0.05, 0.1) is 0 Å². The SMILES string of the molecule is O=[N+]([O-])O.[Ag+].[H+]. The Morgan fingerprint density at radius 2 is 2.00 bits per heavy atom. The molecule has 0 rings (SSSR count). The second-order valence-electron chi connectivity index (χ2n) is 0.238. The Hall–Kier alpha value is -0.0597. The molecule has 0 aliphatic carbocycles. The van der Waals surface area contributed by atoms with Gasteiger partial charge in [-0.15, -0.1) is 10.1 Å². The van der Waals surface area contributed by atoms with Gasteiger partial charge >= 0.3 is 23.8 Å². The van der Waals surface area contributed by atoms with E-state index in [2.05, 4.69) is 0 Å². The van der Waals surface area contributed by atoms with E-state index < -0.39 is 5.09 Å². The molecule has 5 heavy (non-hydrogen) atoms. The Balaban J connectivity index is -0.0000000450. The third-order valence-electron chi connectivity index (χ3n) is 0. The fraction of sp³-hybridized carbons (Fsp3) is 0. The van der Waals surface area contributed by atoms with Crippen LogP contribution in [0.3, 0.4) is 0 Å². The molecular formula is H2AgNO3+2. The van der Waals surface area contributed by atoms with E-state index in [1.165, 1.54) is 0 Å². The van der Waals surface area contributed by atoms with Crippen molar-refractivity contribution in [3.8, 4) is 0 Å². The summed E-state index contributed by atoms with van der Waals surface area (Å²) < 4.78 is 0. The first-order chi connectivity index (χ1) is 1.73. The van der Waals surface area contributed by atoms with Crippen LogP contribution in [-0.4, -0.2) is 10.3 Å². The Kier molecular flexibility index (Phi) is 6.99. The zero-order chi connectivity index (χ0) is 3.58. The summed E-state index contributed by atoms with van der Waals surface area (Å²) in [5, 5.41) is 13.6. The van der Waals surface area contributed by atoms with Crippen LogP contribution in [0.25, 0.3) is 0 Å². The van der Waals surface area contributed by atoms with Crippen LogP contribution >= 0.6 is 0 Å². The normalized spacial score (nSPS) is 4.80. The van der Waals surface area contributed by atoms with Crippen LogP contribution in [0.2, 0.25) is 0 Å². The third kappa shape index (κ3) is 4160. The molecule has 0 aromatic rings. The molecule has 0 aromatic carbocycles. The Morgan fingerprint density at radius 3 is 2.00 bits per heavy atom. The van der Waals surface area contributed by atoms with Gasteiger partial charge in [0.2, 0.25) is 0 Å². The van der Waals surface area contributed by atoms with E-state index in [1.54, 1.807) is 0 Å². The fourth-order valence-electron chi connectivity index (χ4n) is 0. The van der Waals surface area contributed by atoms with Crippen molar-refractivity contribution in [2.75, 3.05) is 0 Å². The Morgan fingerprint density at radius 1 is 2.00 bits per heavy atom. The molecule has 0 radical (unpaired) electrons. The van der Waals surface area contributed by atoms with E-state index in [4.69, 9.17) is 15.3 Å². The molecule has 0 atom stereocenters. The van der Waals surface area contributed by atoms with Crippen LogP contribution in [0.4, 0.5) is 0 Å². The van der Waals surface area contributed by atoms with Crippen molar-refractivity contribution in [3.05, 3.63) is 10.1 Å². The van der Waals surface area contributed by atoms with Gasteiger partial charge < -0.3 is 5.21 Å². The molecule has 4 nitrogen and oxygen atoms in total. The molecule has 0 saturated carbocycles. The zero-order valence-corrected chi connectivity index (χ0v) is 3.49. The van der Waals surface area contributed by atoms with Gasteiger partial charge in [-0.2, -0.15) is 0 Å². The van der Waals surface area contributed by atoms with Crippen molar-refractivity contribution in [2.45, 2.75) is 0 Å². The van der Waals surface area contributed by atoms with Crippen molar-refractivity contribution in [2.24, 2.45) is 0 Å². The molecule has 34 valence electrons. The first-order valence-corrected chi connectivity index (χ1v) is 0.565. The minimum Gasteiger partial charge on any atom is -0.328 e. The number of rotatable bonds is 0. The fourth-order valence-corrected chi connectivity index (χ4v) is 0. The van der Waals surface area contributed by atoms with E-state index in [0.717, 1.165) is 0 Å². The van der Waals surface area contributed by atoms with Crippen LogP contribution in [0.15, 0.2) is 0 Å². The number of hydrogen-bond donors (Lipinski definition) is 1. The average Bonchev–Trinajstić information content (AvgIpc) is 0.811. The van der Waals surface area contributed by atoms with Gasteiger partial charge in [0.15, 0.2) is 0 Å². The van der Waals surface area contributed by atoms with Crippen LogP contribution in [0.5, 0.6) is 0 Å². The summed E-state index contributed by atoms with van der Waals surface area (Å²) in [6.45, 7) is 0. The zero-order valence-electron chi connectivity index (χ0n) is 3.01. The second-order valence-corrected chi connectivity index (χ2v) is 0.238. The van der Waals surface area contributed by atoms with E-state index >= 15 is 0 Å². The maximum Gasteiger partial charge on any atom is 1.00 e. The van der Waals surface area contributed by atoms with Crippen LogP contribution in [0.1, 0.15) is 1.43 Å². The van der Waals surface area contributed by atoms with E-state index in [1.807, 2.05) is 0 Å². The molecule has 0 spiro atoms. The van der Waals surface area contributed by atoms with Gasteiger partial charge in [-0.3, -0.25) is 0 Å². The maximum absolute atomic E-state index is 8.36. The predicted molar refractivity (Wildman–Crippen MR) is 9.89 cm³/mol. The molecule has 0 aromatic heterocycles. The summed E-state index contributed by atoms with van der Waals surface area (Å²) >= 11 is 0. The smallest absolute Gasteiger partial charge is 0.328 e. The molecule has 1 N–H and O–H groups in total. The minimum atomic E-state index is -1.50. The monoisotopic (exact) mass is 171 g/mol. The van der Waals surface area contributed by atoms with E-state index in [0.29, 0.717) is 0 Å². The molecular weight excluding hydrogens is 170 g/mol. The standard InChI is InChI=1S/Ag.HNO3/c;2-1(3)4/h;(H,2,3,4)/q+1;/p+1. The van der Waals surface area contributed by atoms with Gasteiger partial charge in [-0.1, -0.05) is 0 Å². The molecule has 0 unspecified atom stereocenters. The quantitative estimate of drug-likeness (QED) is 0.311. The summed E-state index contributed by atoms with van der Waals surface area (Å²) in [7, 11) is 0. The summed E-state index contributed by atoms with van der Waals surface area (Å²) in [6.07, 6.45) is 0. The third-order valence-corrected chi connectivity index (χ3v) is 0. The predicted octanol–water partition coefficient (Wildman–Crippen LogP) is -0.238. The van der Waals surface area contributed by atoms with Gasteiger partial charge in [0.25, 0.3) is 5.09 Å². The van der Waals surface area contributed by atoms with Gasteiger partial charge in [0.1, 0.15) is 0 Å². The van der Waals surface area contributed by atoms with Crippen molar-refractivity contribution in [1.29, 1.82) is 0 Å². The van der Waals surface area contributed by atoms with E-state index in [9.17, 15) is 0 Å². The van der Waals surface area contributed by atoms with Gasteiger partial charge in [-0.05, 0) is 0 Å². The maximum atomic E-state index is 8.36. The molecule has 0 aliphatic heterocycles. The molecule has 0 fully saturated rings. The van der Waals surface area contributed by atoms with Crippen LogP contribution in [-0.2, 0) is 22.4 Å². The van der Waals surface area contributed by atoms with Gasteiger partial charge in [0, 0.05) is 0 Å². The second kappa shape index (κ2) is 3.94. The van der Waals surface area contributed by atoms with Crippen molar-refractivity contribution in [3.63, 3.8) is 0 Å². The molecule has 0 aliphatic rings. The first-order valence-electron chi connectivity index (χ1n) is 0.565. The summed E-state index contributed by atoms with van der Waals surface area (Å²) in [4.78, 5) is 8.36. The molecule has 0 amide bonds. The minimum absolute atomic E-state index is 0. The van der Waals surface area contributed by atoms with Crippen LogP contribution in [0, 0.1) is 10.1 Å². The average molecular weight is 172 g/mol. The van der Waals surface area contributed by atoms with Crippen molar-refractivity contribution in [1.82, 2.24) is 0 Å². The molecule has 5 heteroatoms. The summed E-state index contributed by atoms with van der Waals surface area (Å²) in [5.74, 6) is 0. The van der Waals surface area contributed by atoms with E-state index in [-0.39, 0.29) is 23.8 Å². The molecule has 0 saturated heterocycles. The number of nitrogens with zero attached hydrogens (tertiary/aromatic N) is 1. The van der Waals surface area contributed by atoms with Crippen molar-refractivity contribution < 1.29 is 34.1 Å². The Bertz CT molecular complexity index is 33.8. The topological polar surface area (TPSA) is 63.4 Å². The first kappa shape index (κ1) is 8.87. The van der Waals surface area contributed by atoms with Gasteiger partial charge in [-0.25, -0.2) is 0 Å². The summed E-state index contributed by atoms with van der Waals surface area (Å²) in [5.41, 5.74) is 0.